The van der Waals surface area contributed by atoms with Gasteiger partial charge in [-0.2, -0.15) is 9.80 Å². The molecule has 0 aliphatic carbocycles. The van der Waals surface area contributed by atoms with Gasteiger partial charge in [-0.25, -0.2) is 8.97 Å². The molecule has 2 rings (SSSR count). The Hall–Kier alpha value is -0.160. The molecule has 4 heteroatoms. The lowest BCUT2D eigenvalue weighted by Gasteiger charge is -2.59. The summed E-state index contributed by atoms with van der Waals surface area (Å²) in [5.74, 6) is 0.138. The Kier molecular flexibility index (Phi) is 9.03. The average Bonchev–Trinajstić information content (AvgIpc) is 3.16. The highest BCUT2D eigenvalue weighted by Gasteiger charge is 2.79. The molecule has 0 aromatic heterocycles. The van der Waals surface area contributed by atoms with Crippen molar-refractivity contribution in [2.24, 2.45) is 0 Å². The van der Waals surface area contributed by atoms with Crippen LogP contribution in [0.15, 0.2) is 0 Å². The van der Waals surface area contributed by atoms with E-state index in [0.29, 0.717) is 0 Å². The van der Waals surface area contributed by atoms with Crippen LogP contribution in [0.5, 0.6) is 0 Å². The summed E-state index contributed by atoms with van der Waals surface area (Å²) in [6.07, 6.45) is 7.87. The van der Waals surface area contributed by atoms with Gasteiger partial charge in [0.15, 0.2) is 0 Å². The number of quaternary nitrogens is 2. The maximum atomic E-state index is 3.07. The van der Waals surface area contributed by atoms with Gasteiger partial charge >= 0.3 is 5.91 Å². The van der Waals surface area contributed by atoms with Gasteiger partial charge in [-0.1, -0.05) is 40.5 Å². The number of hydrogen-bond donors (Lipinski definition) is 0. The summed E-state index contributed by atoms with van der Waals surface area (Å²) in [4.78, 5) is 6.08. The van der Waals surface area contributed by atoms with Crippen LogP contribution in [-0.2, 0) is 0 Å². The molecule has 3 unspecified atom stereocenters. The first-order chi connectivity index (χ1) is 14.0. The molecular weight excluding hydrogens is 356 g/mol. The summed E-state index contributed by atoms with van der Waals surface area (Å²) >= 11 is 0. The Morgan fingerprint density at radius 3 is 1.76 bits per heavy atom. The molecule has 3 atom stereocenters. The fourth-order valence-corrected chi connectivity index (χ4v) is 7.77. The maximum Gasteiger partial charge on any atom is 0.357 e. The SMILES string of the molecule is CCCC1C[N+](CC)(CC)C2(N(CCC)CC(CCC)[N+]2(CC)CC)N1CCC. The lowest BCUT2D eigenvalue weighted by molar-refractivity contribution is -1.18. The molecule has 4 nitrogen and oxygen atoms in total. The van der Waals surface area contributed by atoms with Gasteiger partial charge in [0, 0.05) is 19.5 Å². The average molecular weight is 411 g/mol. The van der Waals surface area contributed by atoms with Gasteiger partial charge in [0.05, 0.1) is 38.8 Å². The van der Waals surface area contributed by atoms with Crippen LogP contribution < -0.4 is 0 Å². The van der Waals surface area contributed by atoms with Crippen molar-refractivity contribution in [3.05, 3.63) is 0 Å². The molecule has 0 aromatic rings. The quantitative estimate of drug-likeness (QED) is 0.413. The molecule has 2 fully saturated rings. The molecule has 0 bridgehead atoms. The Bertz CT molecular complexity index is 485. The van der Waals surface area contributed by atoms with Crippen LogP contribution in [0.4, 0.5) is 0 Å². The molecule has 2 saturated heterocycles. The zero-order valence-electron chi connectivity index (χ0n) is 21.3. The van der Waals surface area contributed by atoms with Crippen LogP contribution in [0.2, 0.25) is 0 Å². The molecule has 0 amide bonds. The summed E-state index contributed by atoms with van der Waals surface area (Å²) in [5.41, 5.74) is 0. The van der Waals surface area contributed by atoms with Gasteiger partial charge in [0.25, 0.3) is 0 Å². The highest BCUT2D eigenvalue weighted by molar-refractivity contribution is 4.95. The van der Waals surface area contributed by atoms with E-state index in [1.807, 2.05) is 0 Å². The van der Waals surface area contributed by atoms with Crippen molar-refractivity contribution in [2.45, 2.75) is 112 Å². The standard InChI is InChI=1S/C25H54N4/c1-9-17-23-22-28(13-5,14-6)25(27(23)20-12-4)26(19-11-3)21-24(18-10-2)29(25,15-7)16-8/h23-24H,9-22H2,1-8H3/q+2. The Morgan fingerprint density at radius 2 is 1.31 bits per heavy atom. The van der Waals surface area contributed by atoms with E-state index in [-0.39, 0.29) is 5.91 Å². The van der Waals surface area contributed by atoms with Crippen LogP contribution in [0.25, 0.3) is 0 Å². The normalized spacial score (nSPS) is 31.9. The summed E-state index contributed by atoms with van der Waals surface area (Å²) in [5, 5.41) is 0. The lowest BCUT2D eigenvalue weighted by atomic mass is 10.1. The minimum absolute atomic E-state index is 0.138. The molecule has 29 heavy (non-hydrogen) atoms. The third-order valence-corrected chi connectivity index (χ3v) is 8.72. The van der Waals surface area contributed by atoms with Crippen LogP contribution >= 0.6 is 0 Å². The predicted octanol–water partition coefficient (Wildman–Crippen LogP) is 5.10. The lowest BCUT2D eigenvalue weighted by Crippen LogP contribution is -2.84. The van der Waals surface area contributed by atoms with Gasteiger partial charge < -0.3 is 0 Å². The maximum absolute atomic E-state index is 3.07. The predicted molar refractivity (Wildman–Crippen MR) is 127 cm³/mol. The van der Waals surface area contributed by atoms with Crippen molar-refractivity contribution in [3.8, 4) is 0 Å². The third-order valence-electron chi connectivity index (χ3n) is 8.72. The zero-order valence-corrected chi connectivity index (χ0v) is 21.3. The Balaban J connectivity index is 2.82. The van der Waals surface area contributed by atoms with Crippen LogP contribution in [0, 0.1) is 0 Å². The van der Waals surface area contributed by atoms with Gasteiger partial charge in [0.1, 0.15) is 12.6 Å². The van der Waals surface area contributed by atoms with E-state index in [1.54, 1.807) is 0 Å². The van der Waals surface area contributed by atoms with Crippen molar-refractivity contribution < 1.29 is 8.97 Å². The highest BCUT2D eigenvalue weighted by Crippen LogP contribution is 2.53. The molecule has 0 N–H and O–H groups in total. The second kappa shape index (κ2) is 10.4. The Labute approximate surface area is 183 Å². The largest absolute Gasteiger partial charge is 0.357 e. The van der Waals surface area contributed by atoms with E-state index in [0.717, 1.165) is 12.1 Å². The van der Waals surface area contributed by atoms with Crippen LogP contribution in [0.3, 0.4) is 0 Å². The van der Waals surface area contributed by atoms with Crippen molar-refractivity contribution in [1.29, 1.82) is 0 Å². The molecule has 0 aromatic carbocycles. The zero-order chi connectivity index (χ0) is 21.7. The molecule has 1 spiro atoms. The third kappa shape index (κ3) is 3.50. The second-order valence-corrected chi connectivity index (χ2v) is 9.75. The van der Waals surface area contributed by atoms with Gasteiger partial charge in [-0.3, -0.25) is 0 Å². The van der Waals surface area contributed by atoms with E-state index < -0.39 is 0 Å². The van der Waals surface area contributed by atoms with E-state index >= 15 is 0 Å². The Morgan fingerprint density at radius 1 is 0.724 bits per heavy atom. The first-order valence-corrected chi connectivity index (χ1v) is 13.2. The summed E-state index contributed by atoms with van der Waals surface area (Å²) < 4.78 is 2.57. The van der Waals surface area contributed by atoms with Gasteiger partial charge in [-0.15, -0.1) is 0 Å². The molecule has 0 radical (unpaired) electrons. The number of hydrogen-bond acceptors (Lipinski definition) is 2. The number of likely N-dealkylation sites (N-methyl/N-ethyl adjacent to an activating group) is 2. The van der Waals surface area contributed by atoms with Crippen molar-refractivity contribution in [1.82, 2.24) is 9.80 Å². The minimum Gasteiger partial charge on any atom is -0.242 e. The number of nitrogens with zero attached hydrogens (tertiary/aromatic N) is 4. The van der Waals surface area contributed by atoms with E-state index in [2.05, 4.69) is 65.2 Å². The molecule has 2 aliphatic rings. The summed E-state index contributed by atoms with van der Waals surface area (Å²) in [6, 6.07) is 1.51. The molecule has 172 valence electrons. The van der Waals surface area contributed by atoms with Crippen molar-refractivity contribution >= 4 is 0 Å². The topological polar surface area (TPSA) is 6.48 Å². The second-order valence-electron chi connectivity index (χ2n) is 9.75. The molecule has 0 saturated carbocycles. The van der Waals surface area contributed by atoms with Crippen molar-refractivity contribution in [2.75, 3.05) is 52.4 Å². The molecule has 2 heterocycles. The highest BCUT2D eigenvalue weighted by atomic mass is 15.9. The first kappa shape index (κ1) is 25.1. The fourth-order valence-electron chi connectivity index (χ4n) is 7.77. The van der Waals surface area contributed by atoms with Gasteiger partial charge in [0.2, 0.25) is 0 Å². The molecule has 2 aliphatic heterocycles. The number of rotatable bonds is 12. The van der Waals surface area contributed by atoms with E-state index in [1.165, 1.54) is 99.8 Å². The summed E-state index contributed by atoms with van der Waals surface area (Å²) in [7, 11) is 0. The van der Waals surface area contributed by atoms with E-state index in [9.17, 15) is 0 Å². The van der Waals surface area contributed by atoms with E-state index in [4.69, 9.17) is 0 Å². The van der Waals surface area contributed by atoms with Crippen LogP contribution in [-0.4, -0.2) is 89.1 Å². The first-order valence-electron chi connectivity index (χ1n) is 13.2. The smallest absolute Gasteiger partial charge is 0.242 e. The fraction of sp³-hybridized carbons (Fsp3) is 1.00. The van der Waals surface area contributed by atoms with Crippen LogP contribution in [0.1, 0.15) is 93.9 Å². The monoisotopic (exact) mass is 410 g/mol. The van der Waals surface area contributed by atoms with Gasteiger partial charge in [-0.05, 0) is 47.0 Å². The summed E-state index contributed by atoms with van der Waals surface area (Å²) in [6.45, 7) is 29.7. The molecular formula is C25H54N4+2. The van der Waals surface area contributed by atoms with Crippen molar-refractivity contribution in [3.63, 3.8) is 0 Å². The minimum atomic E-state index is 0.138.